The number of nitrogens with zero attached hydrogens (tertiary/aromatic N) is 2. The summed E-state index contributed by atoms with van der Waals surface area (Å²) in [6.07, 6.45) is 0. The molecule has 4 nitrogen and oxygen atoms in total. The van der Waals surface area contributed by atoms with Crippen molar-refractivity contribution in [1.82, 2.24) is 9.80 Å². The van der Waals surface area contributed by atoms with Gasteiger partial charge in [0, 0.05) is 26.2 Å². The molecule has 0 bridgehead atoms. The minimum absolute atomic E-state index is 0.0485. The lowest BCUT2D eigenvalue weighted by Gasteiger charge is -2.46. The van der Waals surface area contributed by atoms with Crippen LogP contribution in [0.25, 0.3) is 0 Å². The quantitative estimate of drug-likeness (QED) is 0.849. The molecule has 2 aromatic carbocycles. The van der Waals surface area contributed by atoms with Crippen LogP contribution in [0.4, 0.5) is 0 Å². The molecule has 1 aliphatic rings. The first-order valence-corrected chi connectivity index (χ1v) is 8.59. The van der Waals surface area contributed by atoms with E-state index in [0.29, 0.717) is 0 Å². The molecule has 3 rings (SSSR count). The Hall–Kier alpha value is -1.72. The highest BCUT2D eigenvalue weighted by Gasteiger charge is 2.35. The monoisotopic (exact) mass is 326 g/mol. The fourth-order valence-corrected chi connectivity index (χ4v) is 3.58. The van der Waals surface area contributed by atoms with Gasteiger partial charge in [0.25, 0.3) is 0 Å². The van der Waals surface area contributed by atoms with Crippen molar-refractivity contribution in [3.8, 4) is 0 Å². The smallest absolute Gasteiger partial charge is 0.0603 e. The lowest BCUT2D eigenvalue weighted by atomic mass is 10.0. The first-order chi connectivity index (χ1) is 11.8. The summed E-state index contributed by atoms with van der Waals surface area (Å²) in [7, 11) is 0. The van der Waals surface area contributed by atoms with Gasteiger partial charge >= 0.3 is 0 Å². The summed E-state index contributed by atoms with van der Waals surface area (Å²) < 4.78 is 0. The van der Waals surface area contributed by atoms with Gasteiger partial charge in [-0.15, -0.1) is 0 Å². The summed E-state index contributed by atoms with van der Waals surface area (Å²) in [5.41, 5.74) is 2.48. The molecule has 0 amide bonds. The third kappa shape index (κ3) is 4.02. The van der Waals surface area contributed by atoms with Gasteiger partial charge in [-0.1, -0.05) is 60.7 Å². The molecule has 1 fully saturated rings. The Labute approximate surface area is 144 Å². The summed E-state index contributed by atoms with van der Waals surface area (Å²) in [4.78, 5) is 4.58. The van der Waals surface area contributed by atoms with Crippen LogP contribution in [0.5, 0.6) is 0 Å². The topological polar surface area (TPSA) is 46.9 Å². The van der Waals surface area contributed by atoms with Crippen LogP contribution in [0.2, 0.25) is 0 Å². The molecule has 0 aromatic heterocycles. The van der Waals surface area contributed by atoms with Crippen molar-refractivity contribution in [3.63, 3.8) is 0 Å². The molecule has 2 N–H and O–H groups in total. The minimum atomic E-state index is -0.0485. The van der Waals surface area contributed by atoms with Crippen molar-refractivity contribution in [2.45, 2.75) is 25.2 Å². The van der Waals surface area contributed by atoms with Crippen LogP contribution < -0.4 is 0 Å². The zero-order valence-corrected chi connectivity index (χ0v) is 14.0. The predicted octanol–water partition coefficient (Wildman–Crippen LogP) is 1.73. The zero-order valence-electron chi connectivity index (χ0n) is 14.0. The van der Waals surface area contributed by atoms with Crippen molar-refractivity contribution < 1.29 is 10.2 Å². The van der Waals surface area contributed by atoms with Gasteiger partial charge < -0.3 is 10.2 Å². The first kappa shape index (κ1) is 17.1. The lowest BCUT2D eigenvalue weighted by Crippen LogP contribution is -2.61. The third-order valence-electron chi connectivity index (χ3n) is 4.89. The summed E-state index contributed by atoms with van der Waals surface area (Å²) >= 11 is 0. The molecule has 0 spiro atoms. The minimum Gasteiger partial charge on any atom is -0.395 e. The number of rotatable bonds is 6. The van der Waals surface area contributed by atoms with Crippen LogP contribution in [0.15, 0.2) is 60.7 Å². The van der Waals surface area contributed by atoms with E-state index in [1.54, 1.807) is 0 Å². The van der Waals surface area contributed by atoms with Crippen molar-refractivity contribution in [2.75, 3.05) is 26.3 Å². The summed E-state index contributed by atoms with van der Waals surface area (Å²) in [5, 5.41) is 19.9. The van der Waals surface area contributed by atoms with Crippen molar-refractivity contribution in [1.29, 1.82) is 0 Å². The number of hydrogen-bond acceptors (Lipinski definition) is 4. The van der Waals surface area contributed by atoms with Gasteiger partial charge in [-0.05, 0) is 11.1 Å². The Morgan fingerprint density at radius 1 is 0.667 bits per heavy atom. The second-order valence-corrected chi connectivity index (χ2v) is 6.41. The third-order valence-corrected chi connectivity index (χ3v) is 4.89. The Balaban J connectivity index is 1.71. The van der Waals surface area contributed by atoms with Gasteiger partial charge in [0.15, 0.2) is 0 Å². The van der Waals surface area contributed by atoms with E-state index in [1.807, 2.05) is 36.4 Å². The Morgan fingerprint density at radius 2 is 1.04 bits per heavy atom. The predicted molar refractivity (Wildman–Crippen MR) is 95.5 cm³/mol. The maximum atomic E-state index is 9.95. The molecule has 0 saturated carbocycles. The average Bonchev–Trinajstić information content (AvgIpc) is 2.64. The van der Waals surface area contributed by atoms with Gasteiger partial charge in [-0.2, -0.15) is 0 Å². The molecule has 0 aliphatic carbocycles. The van der Waals surface area contributed by atoms with Gasteiger partial charge in [-0.3, -0.25) is 9.80 Å². The van der Waals surface area contributed by atoms with Crippen LogP contribution in [0.1, 0.15) is 11.1 Å². The fraction of sp³-hybridized carbons (Fsp3) is 0.400. The number of aliphatic hydroxyl groups is 2. The summed E-state index contributed by atoms with van der Waals surface area (Å²) in [6.45, 7) is 3.52. The van der Waals surface area contributed by atoms with Gasteiger partial charge in [0.05, 0.1) is 25.3 Å². The van der Waals surface area contributed by atoms with Gasteiger partial charge in [-0.25, -0.2) is 0 Å². The highest BCUT2D eigenvalue weighted by Crippen LogP contribution is 2.21. The Bertz CT molecular complexity index is 550. The molecule has 128 valence electrons. The van der Waals surface area contributed by atoms with Crippen LogP contribution >= 0.6 is 0 Å². The van der Waals surface area contributed by atoms with Gasteiger partial charge in [0.1, 0.15) is 0 Å². The van der Waals surface area contributed by atoms with E-state index in [9.17, 15) is 10.2 Å². The van der Waals surface area contributed by atoms with Crippen LogP contribution in [-0.2, 0) is 13.1 Å². The molecule has 1 aliphatic heterocycles. The lowest BCUT2D eigenvalue weighted by molar-refractivity contribution is -0.0367. The molecule has 0 unspecified atom stereocenters. The molecule has 2 atom stereocenters. The van der Waals surface area contributed by atoms with Crippen molar-refractivity contribution in [3.05, 3.63) is 71.8 Å². The normalized spacial score (nSPS) is 22.6. The van der Waals surface area contributed by atoms with E-state index in [-0.39, 0.29) is 25.3 Å². The van der Waals surface area contributed by atoms with E-state index in [1.165, 1.54) is 11.1 Å². The molecule has 1 heterocycles. The number of benzene rings is 2. The van der Waals surface area contributed by atoms with Gasteiger partial charge in [0.2, 0.25) is 0 Å². The van der Waals surface area contributed by atoms with Crippen LogP contribution in [-0.4, -0.2) is 58.4 Å². The summed E-state index contributed by atoms with van der Waals surface area (Å²) in [6, 6.07) is 20.5. The maximum absolute atomic E-state index is 9.95. The molecular formula is C20H26N2O2. The van der Waals surface area contributed by atoms with E-state index in [2.05, 4.69) is 34.1 Å². The highest BCUT2D eigenvalue weighted by atomic mass is 16.3. The number of piperazine rings is 1. The molecule has 0 radical (unpaired) electrons. The van der Waals surface area contributed by atoms with E-state index in [4.69, 9.17) is 0 Å². The second-order valence-electron chi connectivity index (χ2n) is 6.41. The Morgan fingerprint density at radius 3 is 1.38 bits per heavy atom. The molecule has 24 heavy (non-hydrogen) atoms. The van der Waals surface area contributed by atoms with E-state index < -0.39 is 0 Å². The molecule has 2 aromatic rings. The second kappa shape index (κ2) is 8.40. The SMILES string of the molecule is OC[C@@H]1[C@H](CO)N(Cc2ccccc2)CCN1Cc1ccccc1. The molecule has 1 saturated heterocycles. The number of aliphatic hydroxyl groups excluding tert-OH is 2. The maximum Gasteiger partial charge on any atom is 0.0603 e. The molecule has 4 heteroatoms. The zero-order chi connectivity index (χ0) is 16.8. The summed E-state index contributed by atoms with van der Waals surface area (Å²) in [5.74, 6) is 0. The van der Waals surface area contributed by atoms with E-state index >= 15 is 0 Å². The largest absolute Gasteiger partial charge is 0.395 e. The van der Waals surface area contributed by atoms with Crippen LogP contribution in [0.3, 0.4) is 0 Å². The standard InChI is InChI=1S/C20H26N2O2/c23-15-19-20(16-24)22(14-18-9-5-2-6-10-18)12-11-21(19)13-17-7-3-1-4-8-17/h1-10,19-20,23-24H,11-16H2/t19-,20+. The highest BCUT2D eigenvalue weighted by molar-refractivity contribution is 5.16. The molecular weight excluding hydrogens is 300 g/mol. The van der Waals surface area contributed by atoms with Crippen LogP contribution in [0, 0.1) is 0 Å². The first-order valence-electron chi connectivity index (χ1n) is 8.59. The average molecular weight is 326 g/mol. The van der Waals surface area contributed by atoms with Crippen molar-refractivity contribution in [2.24, 2.45) is 0 Å². The number of hydrogen-bond donors (Lipinski definition) is 2. The fourth-order valence-electron chi connectivity index (χ4n) is 3.58. The Kier molecular flexibility index (Phi) is 5.99. The van der Waals surface area contributed by atoms with Crippen molar-refractivity contribution >= 4 is 0 Å². The van der Waals surface area contributed by atoms with E-state index in [0.717, 1.165) is 26.2 Å².